The molecule has 0 saturated carbocycles. The maximum Gasteiger partial charge on any atom is 0.357 e. The zero-order chi connectivity index (χ0) is 14.4. The summed E-state index contributed by atoms with van der Waals surface area (Å²) in [5.41, 5.74) is 0.405. The zero-order valence-corrected chi connectivity index (χ0v) is 13.3. The molecule has 0 aliphatic carbocycles. The number of anilines is 1. The molecule has 0 saturated heterocycles. The average Bonchev–Trinajstić information content (AvgIpc) is 2.87. The molecule has 0 aliphatic heterocycles. The van der Waals surface area contributed by atoms with E-state index in [0.717, 1.165) is 24.5 Å². The number of rotatable bonds is 7. The second-order valence-electron chi connectivity index (χ2n) is 5.02. The smallest absolute Gasteiger partial charge is 0.357 e. The van der Waals surface area contributed by atoms with Crippen molar-refractivity contribution < 1.29 is 9.53 Å². The van der Waals surface area contributed by atoms with Crippen molar-refractivity contribution in [2.24, 2.45) is 5.92 Å². The van der Waals surface area contributed by atoms with Crippen LogP contribution in [0.4, 0.5) is 5.13 Å². The molecule has 0 aliphatic rings. The van der Waals surface area contributed by atoms with Crippen LogP contribution < -0.4 is 4.90 Å². The molecule has 108 valence electrons. The Labute approximate surface area is 119 Å². The van der Waals surface area contributed by atoms with Crippen LogP contribution in [0.1, 0.15) is 51.0 Å². The largest absolute Gasteiger partial charge is 0.464 e. The van der Waals surface area contributed by atoms with Crippen LogP contribution in [-0.2, 0) is 4.74 Å². The van der Waals surface area contributed by atoms with Crippen LogP contribution in [0.25, 0.3) is 0 Å². The summed E-state index contributed by atoms with van der Waals surface area (Å²) in [6.45, 7) is 9.74. The number of hydrogen-bond acceptors (Lipinski definition) is 5. The Morgan fingerprint density at radius 3 is 2.53 bits per heavy atom. The van der Waals surface area contributed by atoms with Crippen molar-refractivity contribution in [3.05, 3.63) is 11.1 Å². The maximum absolute atomic E-state index is 11.5. The van der Waals surface area contributed by atoms with Crippen molar-refractivity contribution in [1.29, 1.82) is 0 Å². The summed E-state index contributed by atoms with van der Waals surface area (Å²) in [7, 11) is 1.38. The summed E-state index contributed by atoms with van der Waals surface area (Å²) in [5, 5.41) is 2.69. The van der Waals surface area contributed by atoms with Crippen molar-refractivity contribution in [2.75, 3.05) is 18.6 Å². The number of aromatic nitrogens is 1. The van der Waals surface area contributed by atoms with Crippen molar-refractivity contribution in [2.45, 2.75) is 46.6 Å². The van der Waals surface area contributed by atoms with Crippen LogP contribution in [0, 0.1) is 5.92 Å². The highest BCUT2D eigenvalue weighted by Crippen LogP contribution is 2.26. The van der Waals surface area contributed by atoms with Crippen molar-refractivity contribution in [3.8, 4) is 0 Å². The van der Waals surface area contributed by atoms with Crippen molar-refractivity contribution >= 4 is 22.4 Å². The highest BCUT2D eigenvalue weighted by molar-refractivity contribution is 7.13. The van der Waals surface area contributed by atoms with E-state index in [1.54, 1.807) is 5.38 Å². The van der Waals surface area contributed by atoms with Gasteiger partial charge in [0.15, 0.2) is 10.8 Å². The third kappa shape index (κ3) is 4.20. The monoisotopic (exact) mass is 284 g/mol. The van der Waals surface area contributed by atoms with Gasteiger partial charge in [0.25, 0.3) is 0 Å². The Morgan fingerprint density at radius 2 is 2.05 bits per heavy atom. The number of ether oxygens (including phenoxy) is 1. The van der Waals surface area contributed by atoms with E-state index in [0.29, 0.717) is 17.7 Å². The third-order valence-corrected chi connectivity index (χ3v) is 3.96. The molecule has 1 heterocycles. The number of thiazole rings is 1. The second kappa shape index (κ2) is 7.48. The lowest BCUT2D eigenvalue weighted by Gasteiger charge is -2.31. The normalized spacial score (nSPS) is 11.1. The molecule has 4 nitrogen and oxygen atoms in total. The number of esters is 1. The summed E-state index contributed by atoms with van der Waals surface area (Å²) in [6.07, 6.45) is 2.16. The Kier molecular flexibility index (Phi) is 6.28. The Bertz CT molecular complexity index is 400. The molecule has 0 amide bonds. The Hall–Kier alpha value is -1.10. The quantitative estimate of drug-likeness (QED) is 0.718. The van der Waals surface area contributed by atoms with Crippen LogP contribution in [-0.4, -0.2) is 30.6 Å². The highest BCUT2D eigenvalue weighted by atomic mass is 32.1. The van der Waals surface area contributed by atoms with Gasteiger partial charge >= 0.3 is 5.97 Å². The molecule has 0 radical (unpaired) electrons. The fraction of sp³-hybridized carbons (Fsp3) is 0.714. The SMILES string of the molecule is CCC(CC)N(CC(C)C)c1nc(C(=O)OC)cs1. The lowest BCUT2D eigenvalue weighted by molar-refractivity contribution is 0.0595. The number of nitrogens with zero attached hydrogens (tertiary/aromatic N) is 2. The van der Waals surface area contributed by atoms with Gasteiger partial charge in [0, 0.05) is 18.0 Å². The van der Waals surface area contributed by atoms with Crippen LogP contribution in [0.5, 0.6) is 0 Å². The number of hydrogen-bond donors (Lipinski definition) is 0. The molecular weight excluding hydrogens is 260 g/mol. The van der Waals surface area contributed by atoms with Gasteiger partial charge in [0.2, 0.25) is 0 Å². The summed E-state index contributed by atoms with van der Waals surface area (Å²) < 4.78 is 4.71. The molecule has 1 aromatic heterocycles. The minimum Gasteiger partial charge on any atom is -0.464 e. The Balaban J connectivity index is 2.96. The molecule has 0 fully saturated rings. The first-order valence-electron chi connectivity index (χ1n) is 6.83. The van der Waals surface area contributed by atoms with Gasteiger partial charge in [0.05, 0.1) is 7.11 Å². The van der Waals surface area contributed by atoms with Gasteiger partial charge in [-0.05, 0) is 18.8 Å². The van der Waals surface area contributed by atoms with E-state index < -0.39 is 0 Å². The van der Waals surface area contributed by atoms with Crippen molar-refractivity contribution in [3.63, 3.8) is 0 Å². The van der Waals surface area contributed by atoms with Gasteiger partial charge in [-0.3, -0.25) is 0 Å². The predicted octanol–water partition coefficient (Wildman–Crippen LogP) is 3.58. The molecule has 1 rings (SSSR count). The fourth-order valence-corrected chi connectivity index (χ4v) is 2.98. The summed E-state index contributed by atoms with van der Waals surface area (Å²) in [5.74, 6) is 0.197. The van der Waals surface area contributed by atoms with Gasteiger partial charge in [0.1, 0.15) is 0 Å². The number of carbonyl (C=O) groups is 1. The second-order valence-corrected chi connectivity index (χ2v) is 5.86. The first-order valence-corrected chi connectivity index (χ1v) is 7.71. The zero-order valence-electron chi connectivity index (χ0n) is 12.5. The molecular formula is C14H24N2O2S. The maximum atomic E-state index is 11.5. The fourth-order valence-electron chi connectivity index (χ4n) is 2.10. The molecule has 1 aromatic rings. The van der Waals surface area contributed by atoms with Crippen LogP contribution in [0.3, 0.4) is 0 Å². The average molecular weight is 284 g/mol. The topological polar surface area (TPSA) is 42.4 Å². The van der Waals surface area contributed by atoms with Crippen LogP contribution in [0.15, 0.2) is 5.38 Å². The first-order chi connectivity index (χ1) is 9.03. The van der Waals surface area contributed by atoms with Gasteiger partial charge in [-0.2, -0.15) is 0 Å². The first kappa shape index (κ1) is 16.0. The summed E-state index contributed by atoms with van der Waals surface area (Å²) >= 11 is 1.52. The van der Waals surface area contributed by atoms with E-state index in [-0.39, 0.29) is 5.97 Å². The van der Waals surface area contributed by atoms with E-state index >= 15 is 0 Å². The van der Waals surface area contributed by atoms with Gasteiger partial charge in [-0.15, -0.1) is 11.3 Å². The lowest BCUT2D eigenvalue weighted by atomic mass is 10.1. The summed E-state index contributed by atoms with van der Waals surface area (Å²) in [6, 6.07) is 0.471. The van der Waals surface area contributed by atoms with E-state index in [2.05, 4.69) is 37.6 Å². The van der Waals surface area contributed by atoms with Gasteiger partial charge < -0.3 is 9.64 Å². The summed E-state index contributed by atoms with van der Waals surface area (Å²) in [4.78, 5) is 18.2. The Morgan fingerprint density at radius 1 is 1.42 bits per heavy atom. The molecule has 0 bridgehead atoms. The molecule has 19 heavy (non-hydrogen) atoms. The van der Waals surface area contributed by atoms with Gasteiger partial charge in [-0.1, -0.05) is 27.7 Å². The van der Waals surface area contributed by atoms with Crippen LogP contribution in [0.2, 0.25) is 0 Å². The predicted molar refractivity (Wildman–Crippen MR) is 80.0 cm³/mol. The van der Waals surface area contributed by atoms with Crippen molar-refractivity contribution in [1.82, 2.24) is 4.98 Å². The molecule has 0 spiro atoms. The minimum atomic E-state index is -0.364. The standard InChI is InChI=1S/C14H24N2O2S/c1-6-11(7-2)16(8-10(3)4)14-15-12(9-19-14)13(17)18-5/h9-11H,6-8H2,1-5H3. The minimum absolute atomic E-state index is 0.364. The highest BCUT2D eigenvalue weighted by Gasteiger charge is 2.21. The van der Waals surface area contributed by atoms with E-state index in [1.165, 1.54) is 18.4 Å². The number of methoxy groups -OCH3 is 1. The van der Waals surface area contributed by atoms with Gasteiger partial charge in [-0.25, -0.2) is 9.78 Å². The molecule has 0 unspecified atom stereocenters. The van der Waals surface area contributed by atoms with Crippen LogP contribution >= 0.6 is 11.3 Å². The number of carbonyl (C=O) groups excluding carboxylic acids is 1. The molecule has 0 N–H and O–H groups in total. The van der Waals surface area contributed by atoms with E-state index in [1.807, 2.05) is 0 Å². The van der Waals surface area contributed by atoms with E-state index in [4.69, 9.17) is 4.74 Å². The molecule has 0 aromatic carbocycles. The molecule has 0 atom stereocenters. The van der Waals surface area contributed by atoms with E-state index in [9.17, 15) is 4.79 Å². The lowest BCUT2D eigenvalue weighted by Crippen LogP contribution is -2.37. The third-order valence-electron chi connectivity index (χ3n) is 3.08. The molecule has 5 heteroatoms.